The number of carbonyl (C=O) groups excluding carboxylic acids is 1. The van der Waals surface area contributed by atoms with Crippen molar-refractivity contribution >= 4 is 5.78 Å². The molecule has 1 nitrogen and oxygen atoms in total. The molecule has 5 saturated carbocycles. The fourth-order valence-electron chi connectivity index (χ4n) is 8.80. The second kappa shape index (κ2) is 6.44. The monoisotopic (exact) mass is 340 g/mol. The Morgan fingerprint density at radius 1 is 0.840 bits per heavy atom. The van der Waals surface area contributed by atoms with E-state index in [1.807, 2.05) is 0 Å². The third-order valence-corrected chi connectivity index (χ3v) is 9.78. The van der Waals surface area contributed by atoms with Gasteiger partial charge in [0.2, 0.25) is 0 Å². The number of terminal acetylenes is 1. The second-order valence-electron chi connectivity index (χ2n) is 10.2. The Balaban J connectivity index is 0.000000758. The molecule has 0 aromatic rings. The van der Waals surface area contributed by atoms with Crippen LogP contribution in [0.1, 0.15) is 90.4 Å². The van der Waals surface area contributed by atoms with Crippen LogP contribution < -0.4 is 0 Å². The van der Waals surface area contributed by atoms with Crippen LogP contribution in [0.3, 0.4) is 0 Å². The van der Waals surface area contributed by atoms with E-state index in [0.717, 1.165) is 42.4 Å². The first kappa shape index (κ1) is 17.6. The predicted molar refractivity (Wildman–Crippen MR) is 103 cm³/mol. The first-order valence-electron chi connectivity index (χ1n) is 11.0. The van der Waals surface area contributed by atoms with Crippen molar-refractivity contribution in [2.45, 2.75) is 90.4 Å². The molecule has 0 bridgehead atoms. The zero-order chi connectivity index (χ0) is 17.7. The Kier molecular flexibility index (Phi) is 4.54. The van der Waals surface area contributed by atoms with Crippen LogP contribution in [0.25, 0.3) is 0 Å². The Bertz CT molecular complexity index is 548. The van der Waals surface area contributed by atoms with Crippen molar-refractivity contribution < 1.29 is 4.79 Å². The number of rotatable bonds is 0. The summed E-state index contributed by atoms with van der Waals surface area (Å²) in [6.07, 6.45) is 25.8. The fraction of sp³-hybridized carbons (Fsp3) is 0.875. The summed E-state index contributed by atoms with van der Waals surface area (Å²) < 4.78 is 0. The van der Waals surface area contributed by atoms with Crippen LogP contribution in [0, 0.1) is 53.3 Å². The number of ketones is 1. The molecule has 5 rings (SSSR count). The number of hydrogen-bond donors (Lipinski definition) is 0. The molecule has 7 atom stereocenters. The molecule has 5 aliphatic carbocycles. The molecule has 0 heterocycles. The summed E-state index contributed by atoms with van der Waals surface area (Å²) in [7, 11) is 0. The van der Waals surface area contributed by atoms with Gasteiger partial charge in [-0.1, -0.05) is 19.8 Å². The second-order valence-corrected chi connectivity index (χ2v) is 10.2. The van der Waals surface area contributed by atoms with E-state index in [0.29, 0.717) is 16.6 Å². The summed E-state index contributed by atoms with van der Waals surface area (Å²) in [5, 5.41) is 0. The Hall–Kier alpha value is -0.770. The molecule has 5 aliphatic rings. The summed E-state index contributed by atoms with van der Waals surface area (Å²) >= 11 is 0. The Labute approximate surface area is 154 Å². The molecule has 0 aromatic heterocycles. The van der Waals surface area contributed by atoms with Crippen LogP contribution >= 0.6 is 0 Å². The highest BCUT2D eigenvalue weighted by atomic mass is 16.1. The molecule has 5 fully saturated rings. The quantitative estimate of drug-likeness (QED) is 0.493. The normalized spacial score (nSPS) is 51.2. The van der Waals surface area contributed by atoms with Crippen molar-refractivity contribution in [3.05, 3.63) is 0 Å². The minimum absolute atomic E-state index is 0.467. The van der Waals surface area contributed by atoms with Crippen LogP contribution in [0.4, 0.5) is 0 Å². The number of carbonyl (C=O) groups is 1. The summed E-state index contributed by atoms with van der Waals surface area (Å²) in [5.74, 6) is 5.41. The Morgan fingerprint density at radius 3 is 2.48 bits per heavy atom. The van der Waals surface area contributed by atoms with E-state index >= 15 is 0 Å². The number of fused-ring (bicyclic) bond motifs is 4. The molecule has 0 aromatic carbocycles. The standard InChI is InChI=1S/C22H34O.C2H2/c1-21-12-3-2-4-15(21)6-9-18-19(21)11-13-22-14-17(23)8-5-16(22)7-10-20(18)22;1-2/h15-16,18-20H,2-14H2,1H3;1-2H. The molecule has 1 heteroatoms. The molecular formula is C24H36O. The van der Waals surface area contributed by atoms with Crippen LogP contribution in [0.15, 0.2) is 0 Å². The van der Waals surface area contributed by atoms with E-state index in [9.17, 15) is 4.79 Å². The minimum Gasteiger partial charge on any atom is -0.300 e. The van der Waals surface area contributed by atoms with E-state index in [2.05, 4.69) is 19.8 Å². The van der Waals surface area contributed by atoms with Crippen molar-refractivity contribution in [3.63, 3.8) is 0 Å². The first-order valence-corrected chi connectivity index (χ1v) is 11.0. The third-order valence-electron chi connectivity index (χ3n) is 9.78. The van der Waals surface area contributed by atoms with E-state index in [1.54, 1.807) is 0 Å². The Morgan fingerprint density at radius 2 is 1.64 bits per heavy atom. The fourth-order valence-corrected chi connectivity index (χ4v) is 8.80. The van der Waals surface area contributed by atoms with Gasteiger partial charge in [0.1, 0.15) is 5.78 Å². The molecule has 7 unspecified atom stereocenters. The van der Waals surface area contributed by atoms with Gasteiger partial charge in [-0.3, -0.25) is 4.79 Å². The summed E-state index contributed by atoms with van der Waals surface area (Å²) in [6, 6.07) is 0. The van der Waals surface area contributed by atoms with Gasteiger partial charge in [-0.25, -0.2) is 0 Å². The lowest BCUT2D eigenvalue weighted by Crippen LogP contribution is -2.54. The topological polar surface area (TPSA) is 17.1 Å². The van der Waals surface area contributed by atoms with E-state index in [1.165, 1.54) is 70.6 Å². The van der Waals surface area contributed by atoms with Crippen LogP contribution in [-0.4, -0.2) is 5.78 Å². The first-order chi connectivity index (χ1) is 12.1. The molecule has 0 radical (unpaired) electrons. The van der Waals surface area contributed by atoms with Crippen molar-refractivity contribution in [1.29, 1.82) is 0 Å². The lowest BCUT2D eigenvalue weighted by Gasteiger charge is -2.61. The van der Waals surface area contributed by atoms with Gasteiger partial charge in [0.15, 0.2) is 0 Å². The average Bonchev–Trinajstić information content (AvgIpc) is 3.01. The molecule has 0 N–H and O–H groups in total. The van der Waals surface area contributed by atoms with Crippen LogP contribution in [-0.2, 0) is 4.79 Å². The van der Waals surface area contributed by atoms with E-state index in [-0.39, 0.29) is 0 Å². The lowest BCUT2D eigenvalue weighted by atomic mass is 9.43. The van der Waals surface area contributed by atoms with Crippen molar-refractivity contribution in [3.8, 4) is 12.8 Å². The maximum atomic E-state index is 12.3. The zero-order valence-electron chi connectivity index (χ0n) is 16.1. The molecule has 0 aliphatic heterocycles. The van der Waals surface area contributed by atoms with Gasteiger partial charge < -0.3 is 0 Å². The average molecular weight is 341 g/mol. The maximum absolute atomic E-state index is 12.3. The molecule has 0 saturated heterocycles. The third kappa shape index (κ3) is 2.46. The number of hydrogen-bond acceptors (Lipinski definition) is 1. The highest BCUT2D eigenvalue weighted by Crippen LogP contribution is 2.69. The smallest absolute Gasteiger partial charge is 0.133 e. The molecule has 0 amide bonds. The minimum atomic E-state index is 0.467. The van der Waals surface area contributed by atoms with Crippen LogP contribution in [0.5, 0.6) is 0 Å². The number of Topliss-reactive ketones (excluding diaryl/α,β-unsaturated/α-hetero) is 1. The summed E-state index contributed by atoms with van der Waals surface area (Å²) in [5.41, 5.74) is 1.12. The van der Waals surface area contributed by atoms with Gasteiger partial charge in [-0.05, 0) is 98.2 Å². The van der Waals surface area contributed by atoms with Crippen molar-refractivity contribution in [1.82, 2.24) is 0 Å². The van der Waals surface area contributed by atoms with Crippen LogP contribution in [0.2, 0.25) is 0 Å². The van der Waals surface area contributed by atoms with Gasteiger partial charge in [0.25, 0.3) is 0 Å². The molecule has 1 spiro atoms. The van der Waals surface area contributed by atoms with Gasteiger partial charge in [-0.15, -0.1) is 12.8 Å². The van der Waals surface area contributed by atoms with E-state index < -0.39 is 0 Å². The van der Waals surface area contributed by atoms with E-state index in [4.69, 9.17) is 0 Å². The summed E-state index contributed by atoms with van der Waals surface area (Å²) in [4.78, 5) is 12.3. The van der Waals surface area contributed by atoms with Gasteiger partial charge in [-0.2, -0.15) is 0 Å². The molecular weight excluding hydrogens is 304 g/mol. The SMILES string of the molecule is C#C.CC12CCCCC1CCC1C2CCC23CC(=O)CCC2CCC13. The zero-order valence-corrected chi connectivity index (χ0v) is 16.1. The lowest BCUT2D eigenvalue weighted by molar-refractivity contribution is -0.142. The molecule has 25 heavy (non-hydrogen) atoms. The van der Waals surface area contributed by atoms with Gasteiger partial charge in [0.05, 0.1) is 0 Å². The van der Waals surface area contributed by atoms with Gasteiger partial charge in [0, 0.05) is 12.8 Å². The van der Waals surface area contributed by atoms with Crippen molar-refractivity contribution in [2.75, 3.05) is 0 Å². The molecule has 138 valence electrons. The predicted octanol–water partition coefficient (Wildman–Crippen LogP) is 6.02. The highest BCUT2D eigenvalue weighted by Gasteiger charge is 2.62. The largest absolute Gasteiger partial charge is 0.300 e. The van der Waals surface area contributed by atoms with Gasteiger partial charge >= 0.3 is 0 Å². The van der Waals surface area contributed by atoms with Crippen molar-refractivity contribution in [2.24, 2.45) is 40.4 Å². The maximum Gasteiger partial charge on any atom is 0.133 e. The summed E-state index contributed by atoms with van der Waals surface area (Å²) in [6.45, 7) is 2.67. The highest BCUT2D eigenvalue weighted by molar-refractivity contribution is 5.80.